The molecule has 3 rings (SSSR count). The maximum atomic E-state index is 13.1. The number of nitrogens with one attached hydrogen (secondary N) is 1. The second kappa shape index (κ2) is 8.37. The largest absolute Gasteiger partial charge is 0.412 e. The van der Waals surface area contributed by atoms with Gasteiger partial charge in [-0.3, -0.25) is 0 Å². The first-order chi connectivity index (χ1) is 13.0. The Morgan fingerprint density at radius 2 is 1.74 bits per heavy atom. The zero-order valence-electron chi connectivity index (χ0n) is 14.7. The maximum absolute atomic E-state index is 13.1. The van der Waals surface area contributed by atoms with Crippen molar-refractivity contribution in [2.45, 2.75) is 17.1 Å². The summed E-state index contributed by atoms with van der Waals surface area (Å²) in [6.45, 7) is 1.82. The van der Waals surface area contributed by atoms with Crippen molar-refractivity contribution in [2.24, 2.45) is 0 Å². The number of aryl methyl sites for hydroxylation is 1. The van der Waals surface area contributed by atoms with E-state index in [9.17, 15) is 13.2 Å². The summed E-state index contributed by atoms with van der Waals surface area (Å²) in [6.07, 6.45) is -0.693. The van der Waals surface area contributed by atoms with Gasteiger partial charge in [0.15, 0.2) is 9.84 Å². The summed E-state index contributed by atoms with van der Waals surface area (Å²) >= 11 is 1.34. The van der Waals surface area contributed by atoms with E-state index in [-0.39, 0.29) is 11.4 Å². The van der Waals surface area contributed by atoms with E-state index in [1.807, 2.05) is 18.4 Å². The van der Waals surface area contributed by atoms with Crippen molar-refractivity contribution in [1.29, 1.82) is 0 Å². The molecule has 0 spiro atoms. The highest BCUT2D eigenvalue weighted by atomic mass is 32.2. The quantitative estimate of drug-likeness (QED) is 0.666. The lowest BCUT2D eigenvalue weighted by atomic mass is 10.2. The molecule has 0 aliphatic heterocycles. The summed E-state index contributed by atoms with van der Waals surface area (Å²) < 4.78 is 31.4. The molecule has 1 N–H and O–H groups in total. The summed E-state index contributed by atoms with van der Waals surface area (Å²) in [4.78, 5) is 13.0. The van der Waals surface area contributed by atoms with Gasteiger partial charge in [0.2, 0.25) is 0 Å². The molecule has 27 heavy (non-hydrogen) atoms. The van der Waals surface area contributed by atoms with Gasteiger partial charge in [-0.1, -0.05) is 42.0 Å². The van der Waals surface area contributed by atoms with Gasteiger partial charge in [-0.25, -0.2) is 13.2 Å². The Morgan fingerprint density at radius 3 is 2.37 bits per heavy atom. The SMILES string of the molecule is Cc1ccc(S(=O)(=O)C(CNC(=O)Oc2ccccc2)c2cccs2)cc1. The average molecular weight is 402 g/mol. The van der Waals surface area contributed by atoms with Crippen molar-refractivity contribution in [3.8, 4) is 5.75 Å². The first-order valence-electron chi connectivity index (χ1n) is 8.31. The van der Waals surface area contributed by atoms with E-state index in [0.29, 0.717) is 10.6 Å². The second-order valence-electron chi connectivity index (χ2n) is 5.95. The molecule has 7 heteroatoms. The Bertz CT molecular complexity index is 982. The monoisotopic (exact) mass is 401 g/mol. The highest BCUT2D eigenvalue weighted by molar-refractivity contribution is 7.91. The predicted molar refractivity (Wildman–Crippen MR) is 106 cm³/mol. The van der Waals surface area contributed by atoms with Gasteiger partial charge in [0.1, 0.15) is 11.0 Å². The molecule has 1 heterocycles. The third-order valence-electron chi connectivity index (χ3n) is 3.97. The predicted octanol–water partition coefficient (Wildman–Crippen LogP) is 4.36. The number of hydrogen-bond acceptors (Lipinski definition) is 5. The molecule has 0 saturated carbocycles. The van der Waals surface area contributed by atoms with Gasteiger partial charge < -0.3 is 10.1 Å². The lowest BCUT2D eigenvalue weighted by Crippen LogP contribution is -2.33. The number of rotatable bonds is 6. The lowest BCUT2D eigenvalue weighted by Gasteiger charge is -2.17. The van der Waals surface area contributed by atoms with E-state index in [4.69, 9.17) is 4.74 Å². The minimum atomic E-state index is -3.67. The number of hydrogen-bond donors (Lipinski definition) is 1. The van der Waals surface area contributed by atoms with Crippen molar-refractivity contribution in [2.75, 3.05) is 6.54 Å². The molecule has 3 aromatic rings. The van der Waals surface area contributed by atoms with Crippen LogP contribution in [0.4, 0.5) is 4.79 Å². The molecule has 1 unspecified atom stereocenters. The molecule has 1 aromatic heterocycles. The molecule has 0 bridgehead atoms. The van der Waals surface area contributed by atoms with E-state index >= 15 is 0 Å². The third-order valence-corrected chi connectivity index (χ3v) is 7.20. The van der Waals surface area contributed by atoms with Gasteiger partial charge in [0.25, 0.3) is 0 Å². The van der Waals surface area contributed by atoms with Gasteiger partial charge in [-0.2, -0.15) is 0 Å². The molecule has 0 aliphatic rings. The molecular weight excluding hydrogens is 382 g/mol. The Morgan fingerprint density at radius 1 is 1.04 bits per heavy atom. The molecule has 2 aromatic carbocycles. The highest BCUT2D eigenvalue weighted by Crippen LogP contribution is 2.31. The van der Waals surface area contributed by atoms with E-state index in [1.165, 1.54) is 11.3 Å². The highest BCUT2D eigenvalue weighted by Gasteiger charge is 2.30. The second-order valence-corrected chi connectivity index (χ2v) is 9.06. The van der Waals surface area contributed by atoms with Crippen LogP contribution in [0, 0.1) is 6.92 Å². The number of thiophene rings is 1. The number of amides is 1. The molecule has 1 amide bonds. The normalized spacial score (nSPS) is 12.3. The number of ether oxygens (including phenoxy) is 1. The zero-order valence-corrected chi connectivity index (χ0v) is 16.3. The molecule has 0 fully saturated rings. The fourth-order valence-electron chi connectivity index (χ4n) is 2.54. The van der Waals surface area contributed by atoms with Crippen LogP contribution in [0.15, 0.2) is 77.0 Å². The van der Waals surface area contributed by atoms with Gasteiger partial charge in [0, 0.05) is 11.4 Å². The van der Waals surface area contributed by atoms with Crippen LogP contribution in [0.25, 0.3) is 0 Å². The van der Waals surface area contributed by atoms with Crippen LogP contribution in [0.5, 0.6) is 5.75 Å². The number of sulfone groups is 1. The van der Waals surface area contributed by atoms with Crippen LogP contribution in [-0.2, 0) is 9.84 Å². The molecule has 0 saturated heterocycles. The molecule has 0 aliphatic carbocycles. The first-order valence-corrected chi connectivity index (χ1v) is 10.7. The molecule has 1 atom stereocenters. The van der Waals surface area contributed by atoms with Crippen molar-refractivity contribution < 1.29 is 17.9 Å². The van der Waals surface area contributed by atoms with Crippen molar-refractivity contribution in [3.63, 3.8) is 0 Å². The number of carbonyl (C=O) groups excluding carboxylic acids is 1. The molecule has 5 nitrogen and oxygen atoms in total. The van der Waals surface area contributed by atoms with Crippen LogP contribution >= 0.6 is 11.3 Å². The van der Waals surface area contributed by atoms with Crippen LogP contribution in [0.2, 0.25) is 0 Å². The lowest BCUT2D eigenvalue weighted by molar-refractivity contribution is 0.200. The zero-order chi connectivity index (χ0) is 19.3. The van der Waals surface area contributed by atoms with Crippen LogP contribution in [-0.4, -0.2) is 21.1 Å². The Labute approximate surface area is 162 Å². The summed E-state index contributed by atoms with van der Waals surface area (Å²) in [7, 11) is -3.67. The minimum Gasteiger partial charge on any atom is -0.410 e. The summed E-state index contributed by atoms with van der Waals surface area (Å²) in [5, 5.41) is 3.50. The van der Waals surface area contributed by atoms with Gasteiger partial charge >= 0.3 is 6.09 Å². The summed E-state index contributed by atoms with van der Waals surface area (Å²) in [6, 6.07) is 18.9. The number of benzene rings is 2. The Balaban J connectivity index is 1.78. The van der Waals surface area contributed by atoms with E-state index in [2.05, 4.69) is 5.32 Å². The summed E-state index contributed by atoms with van der Waals surface area (Å²) in [5.74, 6) is 0.393. The van der Waals surface area contributed by atoms with E-state index in [1.54, 1.807) is 60.7 Å². The van der Waals surface area contributed by atoms with Gasteiger partial charge in [-0.05, 0) is 42.6 Å². The topological polar surface area (TPSA) is 72.5 Å². The van der Waals surface area contributed by atoms with Crippen LogP contribution in [0.3, 0.4) is 0 Å². The van der Waals surface area contributed by atoms with Gasteiger partial charge in [-0.15, -0.1) is 11.3 Å². The Hall–Kier alpha value is -2.64. The van der Waals surface area contributed by atoms with Crippen molar-refractivity contribution in [1.82, 2.24) is 5.32 Å². The van der Waals surface area contributed by atoms with Crippen molar-refractivity contribution >= 4 is 27.3 Å². The summed E-state index contributed by atoms with van der Waals surface area (Å²) in [5.41, 5.74) is 0.978. The van der Waals surface area contributed by atoms with E-state index in [0.717, 1.165) is 5.56 Å². The van der Waals surface area contributed by atoms with Crippen LogP contribution < -0.4 is 10.1 Å². The fourth-order valence-corrected chi connectivity index (χ4v) is 5.32. The number of para-hydroxylation sites is 1. The maximum Gasteiger partial charge on any atom is 0.412 e. The van der Waals surface area contributed by atoms with Crippen molar-refractivity contribution in [3.05, 3.63) is 82.6 Å². The van der Waals surface area contributed by atoms with Crippen LogP contribution in [0.1, 0.15) is 15.7 Å². The fraction of sp³-hybridized carbons (Fsp3) is 0.150. The smallest absolute Gasteiger partial charge is 0.410 e. The number of carbonyl (C=O) groups is 1. The van der Waals surface area contributed by atoms with E-state index < -0.39 is 21.2 Å². The molecule has 140 valence electrons. The van der Waals surface area contributed by atoms with Gasteiger partial charge in [0.05, 0.1) is 4.90 Å². The Kier molecular flexibility index (Phi) is 5.93. The minimum absolute atomic E-state index is 0.0810. The molecule has 0 radical (unpaired) electrons. The third kappa shape index (κ3) is 4.75. The standard InChI is InChI=1S/C20H19NO4S2/c1-15-9-11-17(12-10-15)27(23,24)19(18-8-5-13-26-18)14-21-20(22)25-16-6-3-2-4-7-16/h2-13,19H,14H2,1H3,(H,21,22). The first kappa shape index (κ1) is 19.1. The molecular formula is C20H19NO4S2. The average Bonchev–Trinajstić information content (AvgIpc) is 3.17.